The number of nitrogens with one attached hydrogen (secondary N) is 1. The first kappa shape index (κ1) is 19.0. The van der Waals surface area contributed by atoms with Crippen LogP contribution >= 0.6 is 0 Å². The first-order valence-corrected chi connectivity index (χ1v) is 10.0. The summed E-state index contributed by atoms with van der Waals surface area (Å²) in [6.45, 7) is 0.128. The molecular formula is C18H19NO7S. The zero-order valence-electron chi connectivity index (χ0n) is 14.5. The van der Waals surface area contributed by atoms with E-state index in [1.54, 1.807) is 18.2 Å². The van der Waals surface area contributed by atoms with Gasteiger partial charge in [-0.2, -0.15) is 0 Å². The van der Waals surface area contributed by atoms with E-state index in [4.69, 9.17) is 14.2 Å². The van der Waals surface area contributed by atoms with Crippen LogP contribution < -0.4 is 19.5 Å². The molecule has 2 aromatic carbocycles. The number of sulfone groups is 1. The van der Waals surface area contributed by atoms with Crippen molar-refractivity contribution in [1.29, 1.82) is 0 Å². The predicted octanol–water partition coefficient (Wildman–Crippen LogP) is 0.988. The number of rotatable bonds is 7. The third-order valence-electron chi connectivity index (χ3n) is 3.83. The number of benzene rings is 2. The van der Waals surface area contributed by atoms with Gasteiger partial charge in [-0.25, -0.2) is 8.42 Å². The summed E-state index contributed by atoms with van der Waals surface area (Å²) in [5.74, 6) is 1.31. The molecule has 0 aromatic heterocycles. The van der Waals surface area contributed by atoms with E-state index < -0.39 is 21.8 Å². The number of amides is 1. The minimum atomic E-state index is -3.31. The summed E-state index contributed by atoms with van der Waals surface area (Å²) in [6.07, 6.45) is 0.174. The molecule has 0 bridgehead atoms. The van der Waals surface area contributed by atoms with Crippen LogP contribution in [-0.2, 0) is 9.84 Å². The maximum atomic E-state index is 12.1. The lowest BCUT2D eigenvalue weighted by Crippen LogP contribution is -2.35. The zero-order valence-corrected chi connectivity index (χ0v) is 15.4. The number of hydrogen-bond acceptors (Lipinski definition) is 7. The Morgan fingerprint density at radius 1 is 1.19 bits per heavy atom. The molecule has 1 aliphatic heterocycles. The first-order chi connectivity index (χ1) is 12.8. The Morgan fingerprint density at radius 2 is 1.89 bits per heavy atom. The smallest absolute Gasteiger partial charge is 0.251 e. The molecular weight excluding hydrogens is 374 g/mol. The number of fused-ring (bicyclic) bond motifs is 1. The van der Waals surface area contributed by atoms with Crippen molar-refractivity contribution in [1.82, 2.24) is 5.32 Å². The Hall–Kier alpha value is -2.78. The average Bonchev–Trinajstić information content (AvgIpc) is 3.11. The first-order valence-electron chi connectivity index (χ1n) is 8.12. The van der Waals surface area contributed by atoms with E-state index in [1.165, 1.54) is 24.3 Å². The fourth-order valence-electron chi connectivity index (χ4n) is 2.38. The van der Waals surface area contributed by atoms with Gasteiger partial charge in [-0.05, 0) is 36.4 Å². The largest absolute Gasteiger partial charge is 0.491 e. The van der Waals surface area contributed by atoms with Crippen molar-refractivity contribution >= 4 is 15.7 Å². The highest BCUT2D eigenvalue weighted by Gasteiger charge is 2.15. The Morgan fingerprint density at radius 3 is 2.59 bits per heavy atom. The van der Waals surface area contributed by atoms with Crippen LogP contribution in [0.4, 0.5) is 0 Å². The van der Waals surface area contributed by atoms with Gasteiger partial charge in [-0.3, -0.25) is 4.79 Å². The standard InChI is InChI=1S/C18H19NO7S/c1-27(22,23)15-5-2-12(3-6-15)18(21)19-9-13(20)10-24-14-4-7-16-17(8-14)26-11-25-16/h2-8,13,20H,9-11H2,1H3,(H,19,21). The van der Waals surface area contributed by atoms with Gasteiger partial charge < -0.3 is 24.6 Å². The van der Waals surface area contributed by atoms with Crippen molar-refractivity contribution in [3.05, 3.63) is 48.0 Å². The van der Waals surface area contributed by atoms with Crippen molar-refractivity contribution < 1.29 is 32.5 Å². The molecule has 27 heavy (non-hydrogen) atoms. The van der Waals surface area contributed by atoms with Crippen LogP contribution in [0.15, 0.2) is 47.4 Å². The van der Waals surface area contributed by atoms with Crippen molar-refractivity contribution in [2.24, 2.45) is 0 Å². The van der Waals surface area contributed by atoms with Crippen LogP contribution in [0.25, 0.3) is 0 Å². The van der Waals surface area contributed by atoms with Crippen LogP contribution in [0.3, 0.4) is 0 Å². The van der Waals surface area contributed by atoms with E-state index in [-0.39, 0.29) is 24.8 Å². The number of carbonyl (C=O) groups is 1. The Bertz CT molecular complexity index is 925. The molecule has 0 spiro atoms. The van der Waals surface area contributed by atoms with Gasteiger partial charge in [-0.1, -0.05) is 0 Å². The maximum absolute atomic E-state index is 12.1. The molecule has 0 radical (unpaired) electrons. The van der Waals surface area contributed by atoms with Gasteiger partial charge in [0.05, 0.1) is 4.90 Å². The van der Waals surface area contributed by atoms with Crippen LogP contribution in [0.5, 0.6) is 17.2 Å². The summed E-state index contributed by atoms with van der Waals surface area (Å²) in [6, 6.07) is 10.6. The molecule has 144 valence electrons. The third-order valence-corrected chi connectivity index (χ3v) is 4.96. The molecule has 0 fully saturated rings. The molecule has 1 atom stereocenters. The molecule has 3 rings (SSSR count). The number of hydrogen-bond donors (Lipinski definition) is 2. The summed E-state index contributed by atoms with van der Waals surface area (Å²) >= 11 is 0. The number of carbonyl (C=O) groups excluding carboxylic acids is 1. The second-order valence-corrected chi connectivity index (χ2v) is 8.00. The van der Waals surface area contributed by atoms with E-state index in [0.29, 0.717) is 22.8 Å². The summed E-state index contributed by atoms with van der Waals surface area (Å²) in [5, 5.41) is 12.5. The highest BCUT2D eigenvalue weighted by atomic mass is 32.2. The van der Waals surface area contributed by atoms with Crippen molar-refractivity contribution in [2.75, 3.05) is 26.2 Å². The van der Waals surface area contributed by atoms with Crippen LogP contribution in [0, 0.1) is 0 Å². The Balaban J connectivity index is 1.47. The Labute approximate surface area is 156 Å². The SMILES string of the molecule is CS(=O)(=O)c1ccc(C(=O)NCC(O)COc2ccc3c(c2)OCO3)cc1. The molecule has 2 N–H and O–H groups in total. The molecule has 0 saturated carbocycles. The van der Waals surface area contributed by atoms with E-state index in [1.807, 2.05) is 0 Å². The molecule has 1 aliphatic rings. The minimum absolute atomic E-state index is 0.0167. The quantitative estimate of drug-likeness (QED) is 0.721. The summed E-state index contributed by atoms with van der Waals surface area (Å²) in [7, 11) is -3.31. The molecule has 8 nitrogen and oxygen atoms in total. The van der Waals surface area contributed by atoms with Gasteiger partial charge in [0.1, 0.15) is 18.5 Å². The summed E-state index contributed by atoms with van der Waals surface area (Å²) in [4.78, 5) is 12.2. The van der Waals surface area contributed by atoms with E-state index in [0.717, 1.165) is 6.26 Å². The summed E-state index contributed by atoms with van der Waals surface area (Å²) in [5.41, 5.74) is 0.297. The second kappa shape index (κ2) is 7.85. The van der Waals surface area contributed by atoms with Gasteiger partial charge in [0, 0.05) is 24.4 Å². The maximum Gasteiger partial charge on any atom is 0.251 e. The topological polar surface area (TPSA) is 111 Å². The minimum Gasteiger partial charge on any atom is -0.491 e. The Kier molecular flexibility index (Phi) is 5.52. The van der Waals surface area contributed by atoms with Crippen molar-refractivity contribution in [3.8, 4) is 17.2 Å². The monoisotopic (exact) mass is 393 g/mol. The lowest BCUT2D eigenvalue weighted by molar-refractivity contribution is 0.0843. The average molecular weight is 393 g/mol. The highest BCUT2D eigenvalue weighted by Crippen LogP contribution is 2.35. The number of ether oxygens (including phenoxy) is 3. The molecule has 9 heteroatoms. The van der Waals surface area contributed by atoms with Crippen LogP contribution in [-0.4, -0.2) is 51.7 Å². The molecule has 0 aliphatic carbocycles. The van der Waals surface area contributed by atoms with Gasteiger partial charge in [0.15, 0.2) is 21.3 Å². The van der Waals surface area contributed by atoms with Crippen LogP contribution in [0.1, 0.15) is 10.4 Å². The molecule has 1 unspecified atom stereocenters. The molecule has 1 amide bonds. The van der Waals surface area contributed by atoms with E-state index in [9.17, 15) is 18.3 Å². The normalized spacial score (nSPS) is 13.9. The van der Waals surface area contributed by atoms with Crippen LogP contribution in [0.2, 0.25) is 0 Å². The lowest BCUT2D eigenvalue weighted by Gasteiger charge is -2.13. The third kappa shape index (κ3) is 4.89. The fraction of sp³-hybridized carbons (Fsp3) is 0.278. The number of aliphatic hydroxyl groups excluding tert-OH is 1. The van der Waals surface area contributed by atoms with Gasteiger partial charge in [0.25, 0.3) is 5.91 Å². The zero-order chi connectivity index (χ0) is 19.4. The predicted molar refractivity (Wildman–Crippen MR) is 96.0 cm³/mol. The fourth-order valence-corrected chi connectivity index (χ4v) is 3.01. The van der Waals surface area contributed by atoms with Crippen molar-refractivity contribution in [2.45, 2.75) is 11.0 Å². The molecule has 0 saturated heterocycles. The van der Waals surface area contributed by atoms with Gasteiger partial charge >= 0.3 is 0 Å². The molecule has 1 heterocycles. The summed E-state index contributed by atoms with van der Waals surface area (Å²) < 4.78 is 38.8. The van der Waals surface area contributed by atoms with Gasteiger partial charge in [-0.15, -0.1) is 0 Å². The van der Waals surface area contributed by atoms with E-state index in [2.05, 4.69) is 5.32 Å². The number of aliphatic hydroxyl groups is 1. The van der Waals surface area contributed by atoms with Gasteiger partial charge in [0.2, 0.25) is 6.79 Å². The van der Waals surface area contributed by atoms with Crippen molar-refractivity contribution in [3.63, 3.8) is 0 Å². The molecule has 2 aromatic rings. The second-order valence-electron chi connectivity index (χ2n) is 5.99. The lowest BCUT2D eigenvalue weighted by atomic mass is 10.2. The van der Waals surface area contributed by atoms with E-state index >= 15 is 0 Å². The highest BCUT2D eigenvalue weighted by molar-refractivity contribution is 7.90.